The van der Waals surface area contributed by atoms with Crippen LogP contribution < -0.4 is 0 Å². The molecule has 0 unspecified atom stereocenters. The molecule has 3 rings (SSSR count). The van der Waals surface area contributed by atoms with Gasteiger partial charge in [-0.3, -0.25) is 0 Å². The maximum atomic E-state index is 15.0. The molecule has 1 saturated carbocycles. The van der Waals surface area contributed by atoms with Crippen molar-refractivity contribution in [1.82, 2.24) is 0 Å². The zero-order valence-electron chi connectivity index (χ0n) is 18.6. The van der Waals surface area contributed by atoms with Crippen LogP contribution in [-0.2, 0) is 17.8 Å². The minimum Gasteiger partial charge on any atom is -0.373 e. The second-order valence-electron chi connectivity index (χ2n) is 8.80. The predicted octanol–water partition coefficient (Wildman–Crippen LogP) is 8.75. The summed E-state index contributed by atoms with van der Waals surface area (Å²) in [6.45, 7) is 4.80. The fraction of sp³-hybridized carbons (Fsp3) is 0.556. The predicted molar refractivity (Wildman–Crippen MR) is 126 cm³/mol. The van der Waals surface area contributed by atoms with Crippen molar-refractivity contribution in [3.8, 4) is 11.1 Å². The highest BCUT2D eigenvalue weighted by atomic mass is 35.5. The smallest absolute Gasteiger partial charge is 0.149 e. The number of hydrogen-bond acceptors (Lipinski definition) is 1. The fourth-order valence-corrected chi connectivity index (χ4v) is 4.76. The summed E-state index contributed by atoms with van der Waals surface area (Å²) in [5.41, 5.74) is 3.44. The molecule has 2 aromatic rings. The summed E-state index contributed by atoms with van der Waals surface area (Å²) in [5, 5.41) is 0.193. The van der Waals surface area contributed by atoms with E-state index in [2.05, 4.69) is 26.0 Å². The normalized spacial score (nSPS) is 19.2. The first kappa shape index (κ1) is 23.3. The molecule has 1 aliphatic rings. The van der Waals surface area contributed by atoms with Gasteiger partial charge in [-0.1, -0.05) is 94.0 Å². The lowest BCUT2D eigenvalue weighted by Crippen LogP contribution is -2.21. The van der Waals surface area contributed by atoms with E-state index < -0.39 is 0 Å². The van der Waals surface area contributed by atoms with Gasteiger partial charge in [-0.25, -0.2) is 4.39 Å². The average molecular weight is 431 g/mol. The number of aryl methyl sites for hydroxylation is 1. The third-order valence-corrected chi connectivity index (χ3v) is 6.86. The molecule has 0 amide bonds. The van der Waals surface area contributed by atoms with Crippen LogP contribution in [0, 0.1) is 11.7 Å². The summed E-state index contributed by atoms with van der Waals surface area (Å²) in [6.07, 6.45) is 12.5. The molecule has 3 heteroatoms. The van der Waals surface area contributed by atoms with Gasteiger partial charge in [-0.2, -0.15) is 0 Å². The molecule has 1 fully saturated rings. The summed E-state index contributed by atoms with van der Waals surface area (Å²) in [6, 6.07) is 11.9. The molecular weight excluding hydrogens is 395 g/mol. The minimum absolute atomic E-state index is 0.193. The van der Waals surface area contributed by atoms with E-state index in [0.29, 0.717) is 12.2 Å². The van der Waals surface area contributed by atoms with Gasteiger partial charge in [0.1, 0.15) is 5.82 Å². The van der Waals surface area contributed by atoms with Crippen LogP contribution in [0.25, 0.3) is 11.1 Å². The molecule has 0 atom stereocenters. The SMILES string of the molecule is CCCCCC1CCC(OCc2ccc(-c3ccc(CCC)cc3)c(F)c2Cl)CC1. The highest BCUT2D eigenvalue weighted by Gasteiger charge is 2.22. The van der Waals surface area contributed by atoms with Gasteiger partial charge < -0.3 is 4.74 Å². The molecule has 1 aliphatic carbocycles. The molecule has 0 saturated heterocycles. The standard InChI is InChI=1S/C27H36ClFO/c1-3-5-6-8-21-11-16-24(17-12-21)30-19-23-15-18-25(27(29)26(23)28)22-13-9-20(7-4-2)10-14-22/h9-10,13-15,18,21,24H,3-8,11-12,16-17,19H2,1-2H3. The van der Waals surface area contributed by atoms with Crippen molar-refractivity contribution >= 4 is 11.6 Å². The van der Waals surface area contributed by atoms with Crippen LogP contribution in [0.1, 0.15) is 82.8 Å². The van der Waals surface area contributed by atoms with Crippen molar-refractivity contribution in [1.29, 1.82) is 0 Å². The summed E-state index contributed by atoms with van der Waals surface area (Å²) < 4.78 is 21.1. The van der Waals surface area contributed by atoms with E-state index in [0.717, 1.165) is 42.7 Å². The number of rotatable bonds is 10. The quantitative estimate of drug-likeness (QED) is 0.342. The van der Waals surface area contributed by atoms with Gasteiger partial charge >= 0.3 is 0 Å². The third-order valence-electron chi connectivity index (χ3n) is 6.45. The monoisotopic (exact) mass is 430 g/mol. The van der Waals surface area contributed by atoms with Crippen LogP contribution in [-0.4, -0.2) is 6.10 Å². The number of benzene rings is 2. The zero-order chi connectivity index (χ0) is 21.3. The minimum atomic E-state index is -0.347. The molecule has 30 heavy (non-hydrogen) atoms. The molecule has 164 valence electrons. The van der Waals surface area contributed by atoms with Crippen molar-refractivity contribution in [2.75, 3.05) is 0 Å². The van der Waals surface area contributed by atoms with Crippen molar-refractivity contribution in [2.24, 2.45) is 5.92 Å². The van der Waals surface area contributed by atoms with Crippen LogP contribution in [0.15, 0.2) is 36.4 Å². The zero-order valence-corrected chi connectivity index (χ0v) is 19.3. The topological polar surface area (TPSA) is 9.23 Å². The molecule has 2 aromatic carbocycles. The first-order chi connectivity index (χ1) is 14.6. The van der Waals surface area contributed by atoms with Crippen molar-refractivity contribution in [2.45, 2.75) is 90.8 Å². The molecule has 0 aliphatic heterocycles. The van der Waals surface area contributed by atoms with Gasteiger partial charge in [0, 0.05) is 5.56 Å². The first-order valence-electron chi connectivity index (χ1n) is 11.8. The lowest BCUT2D eigenvalue weighted by molar-refractivity contribution is 0.00611. The number of hydrogen-bond donors (Lipinski definition) is 0. The van der Waals surface area contributed by atoms with Crippen LogP contribution in [0.3, 0.4) is 0 Å². The van der Waals surface area contributed by atoms with E-state index in [1.807, 2.05) is 24.3 Å². The molecule has 0 radical (unpaired) electrons. The van der Waals surface area contributed by atoms with E-state index in [4.69, 9.17) is 16.3 Å². The maximum absolute atomic E-state index is 15.0. The Hall–Kier alpha value is -1.38. The van der Waals surface area contributed by atoms with E-state index in [-0.39, 0.29) is 16.9 Å². The Bertz CT molecular complexity index is 778. The highest BCUT2D eigenvalue weighted by molar-refractivity contribution is 6.31. The molecule has 1 nitrogen and oxygen atoms in total. The summed E-state index contributed by atoms with van der Waals surface area (Å²) >= 11 is 6.39. The number of unbranched alkanes of at least 4 members (excludes halogenated alkanes) is 2. The Morgan fingerprint density at radius 1 is 0.933 bits per heavy atom. The fourth-order valence-electron chi connectivity index (χ4n) is 4.54. The number of halogens is 2. The maximum Gasteiger partial charge on any atom is 0.149 e. The Kier molecular flexibility index (Phi) is 9.21. The molecule has 0 N–H and O–H groups in total. The molecule has 0 spiro atoms. The Morgan fingerprint density at radius 2 is 1.67 bits per heavy atom. The lowest BCUT2D eigenvalue weighted by atomic mass is 9.84. The van der Waals surface area contributed by atoms with Gasteiger partial charge in [0.05, 0.1) is 17.7 Å². The number of ether oxygens (including phenoxy) is 1. The van der Waals surface area contributed by atoms with Crippen LogP contribution >= 0.6 is 11.6 Å². The lowest BCUT2D eigenvalue weighted by Gasteiger charge is -2.28. The second kappa shape index (κ2) is 11.9. The van der Waals surface area contributed by atoms with E-state index >= 15 is 0 Å². The van der Waals surface area contributed by atoms with Gasteiger partial charge in [0.25, 0.3) is 0 Å². The van der Waals surface area contributed by atoms with Crippen LogP contribution in [0.2, 0.25) is 5.02 Å². The Morgan fingerprint density at radius 3 is 2.33 bits per heavy atom. The van der Waals surface area contributed by atoms with Crippen molar-refractivity contribution in [3.05, 3.63) is 58.4 Å². The summed E-state index contributed by atoms with van der Waals surface area (Å²) in [5.74, 6) is 0.515. The summed E-state index contributed by atoms with van der Waals surface area (Å²) in [4.78, 5) is 0. The van der Waals surface area contributed by atoms with Crippen molar-refractivity contribution < 1.29 is 9.13 Å². The average Bonchev–Trinajstić information content (AvgIpc) is 2.77. The Labute approximate surface area is 187 Å². The van der Waals surface area contributed by atoms with E-state index in [1.165, 1.54) is 44.1 Å². The molecule has 0 aromatic heterocycles. The molecule has 0 bridgehead atoms. The van der Waals surface area contributed by atoms with Crippen LogP contribution in [0.4, 0.5) is 4.39 Å². The summed E-state index contributed by atoms with van der Waals surface area (Å²) in [7, 11) is 0. The highest BCUT2D eigenvalue weighted by Crippen LogP contribution is 2.33. The van der Waals surface area contributed by atoms with Gasteiger partial charge in [0.2, 0.25) is 0 Å². The first-order valence-corrected chi connectivity index (χ1v) is 12.2. The van der Waals surface area contributed by atoms with Crippen molar-refractivity contribution in [3.63, 3.8) is 0 Å². The molecule has 0 heterocycles. The van der Waals surface area contributed by atoms with E-state index in [1.54, 1.807) is 0 Å². The van der Waals surface area contributed by atoms with E-state index in [9.17, 15) is 4.39 Å². The third kappa shape index (κ3) is 6.31. The molecular formula is C27H36ClFO. The second-order valence-corrected chi connectivity index (χ2v) is 9.17. The largest absolute Gasteiger partial charge is 0.373 e. The Balaban J connectivity index is 1.55. The van der Waals surface area contributed by atoms with Gasteiger partial charge in [0.15, 0.2) is 0 Å². The van der Waals surface area contributed by atoms with Gasteiger partial charge in [-0.15, -0.1) is 0 Å². The van der Waals surface area contributed by atoms with Gasteiger partial charge in [-0.05, 0) is 54.7 Å². The van der Waals surface area contributed by atoms with Crippen LogP contribution in [0.5, 0.6) is 0 Å².